The molecule has 0 atom stereocenters. The highest BCUT2D eigenvalue weighted by Gasteiger charge is 2.34. The molecule has 1 aliphatic carbocycles. The van der Waals surface area contributed by atoms with Crippen LogP contribution >= 0.6 is 11.3 Å². The van der Waals surface area contributed by atoms with E-state index in [2.05, 4.69) is 15.6 Å². The second kappa shape index (κ2) is 7.74. The predicted octanol–water partition coefficient (Wildman–Crippen LogP) is 1.50. The number of carbonyl (C=O) groups is 2. The minimum Gasteiger partial charge on any atom is -0.480 e. The van der Waals surface area contributed by atoms with Crippen LogP contribution in [0.3, 0.4) is 0 Å². The first kappa shape index (κ1) is 17.7. The van der Waals surface area contributed by atoms with E-state index in [0.717, 1.165) is 23.5 Å². The van der Waals surface area contributed by atoms with Crippen LogP contribution in [-0.4, -0.2) is 52.2 Å². The molecule has 1 fully saturated rings. The minimum absolute atomic E-state index is 0.0584. The summed E-state index contributed by atoms with van der Waals surface area (Å²) >= 11 is 1.59. The highest BCUT2D eigenvalue weighted by molar-refractivity contribution is 7.11. The normalized spacial score (nSPS) is 20.2. The number of hydrogen-bond acceptors (Lipinski definition) is 5. The Labute approximate surface area is 140 Å². The molecule has 7 nitrogen and oxygen atoms in total. The monoisotopic (exact) mass is 340 g/mol. The van der Waals surface area contributed by atoms with Gasteiger partial charge in [0.2, 0.25) is 0 Å². The van der Waals surface area contributed by atoms with Gasteiger partial charge in [0.15, 0.2) is 0 Å². The van der Waals surface area contributed by atoms with Crippen LogP contribution in [0.2, 0.25) is 0 Å². The Balaban J connectivity index is 1.68. The highest BCUT2D eigenvalue weighted by Crippen LogP contribution is 2.25. The minimum atomic E-state index is -0.810. The lowest BCUT2D eigenvalue weighted by atomic mass is 9.85. The molecule has 1 aromatic rings. The molecule has 0 aromatic carbocycles. The second-order valence-electron chi connectivity index (χ2n) is 5.86. The molecular formula is C15H24N4O3S. The average molecular weight is 340 g/mol. The van der Waals surface area contributed by atoms with E-state index in [0.29, 0.717) is 13.1 Å². The van der Waals surface area contributed by atoms with Gasteiger partial charge in [0.05, 0.1) is 18.8 Å². The fraction of sp³-hybridized carbons (Fsp3) is 0.667. The van der Waals surface area contributed by atoms with Crippen molar-refractivity contribution >= 4 is 23.3 Å². The maximum absolute atomic E-state index is 11.9. The van der Waals surface area contributed by atoms with Gasteiger partial charge in [0.25, 0.3) is 0 Å². The van der Waals surface area contributed by atoms with Crippen molar-refractivity contribution in [3.63, 3.8) is 0 Å². The molecular weight excluding hydrogens is 316 g/mol. The maximum atomic E-state index is 11.9. The van der Waals surface area contributed by atoms with Gasteiger partial charge in [-0.3, -0.25) is 9.69 Å². The van der Waals surface area contributed by atoms with Crippen LogP contribution in [-0.2, 0) is 11.3 Å². The molecule has 1 heterocycles. The van der Waals surface area contributed by atoms with Gasteiger partial charge in [0.1, 0.15) is 5.01 Å². The van der Waals surface area contributed by atoms with Gasteiger partial charge in [-0.15, -0.1) is 11.3 Å². The van der Waals surface area contributed by atoms with Gasteiger partial charge >= 0.3 is 12.0 Å². The van der Waals surface area contributed by atoms with Crippen molar-refractivity contribution < 1.29 is 14.7 Å². The molecule has 1 saturated carbocycles. The van der Waals surface area contributed by atoms with Gasteiger partial charge in [-0.25, -0.2) is 9.78 Å². The topological polar surface area (TPSA) is 94.6 Å². The third kappa shape index (κ3) is 4.90. The number of thiazole rings is 1. The average Bonchev–Trinajstić information content (AvgIpc) is 2.76. The molecule has 0 radical (unpaired) electrons. The molecule has 1 aliphatic rings. The number of rotatable bonds is 7. The fourth-order valence-corrected chi connectivity index (χ4v) is 3.56. The first-order valence-electron chi connectivity index (χ1n) is 7.82. The standard InChI is InChI=1S/C15H24N4O3S/c1-4-19(8-14(20)21)12-5-11(6-12)18-15(22)16-7-13-17-9(2)10(3)23-13/h11-12H,4-8H2,1-3H3,(H,20,21)(H2,16,18,22). The van der Waals surface area contributed by atoms with E-state index < -0.39 is 5.97 Å². The van der Waals surface area contributed by atoms with Gasteiger partial charge in [-0.05, 0) is 33.2 Å². The summed E-state index contributed by atoms with van der Waals surface area (Å²) in [4.78, 5) is 30.2. The summed E-state index contributed by atoms with van der Waals surface area (Å²) in [7, 11) is 0. The van der Waals surface area contributed by atoms with Crippen molar-refractivity contribution in [2.75, 3.05) is 13.1 Å². The molecule has 8 heteroatoms. The van der Waals surface area contributed by atoms with Crippen molar-refractivity contribution in [3.8, 4) is 0 Å². The van der Waals surface area contributed by atoms with E-state index in [1.165, 1.54) is 4.88 Å². The Hall–Kier alpha value is -1.67. The lowest BCUT2D eigenvalue weighted by molar-refractivity contribution is -0.139. The van der Waals surface area contributed by atoms with Gasteiger partial charge in [-0.2, -0.15) is 0 Å². The summed E-state index contributed by atoms with van der Waals surface area (Å²) in [5.74, 6) is -0.810. The zero-order valence-electron chi connectivity index (χ0n) is 13.8. The molecule has 3 N–H and O–H groups in total. The van der Waals surface area contributed by atoms with Crippen molar-refractivity contribution in [1.82, 2.24) is 20.5 Å². The predicted molar refractivity (Wildman–Crippen MR) is 88.7 cm³/mol. The van der Waals surface area contributed by atoms with Crippen LogP contribution in [0.1, 0.15) is 35.3 Å². The Morgan fingerprint density at radius 3 is 2.61 bits per heavy atom. The summed E-state index contributed by atoms with van der Waals surface area (Å²) in [6, 6.07) is 0.161. The summed E-state index contributed by atoms with van der Waals surface area (Å²) in [5.41, 5.74) is 1.01. The third-order valence-corrected chi connectivity index (χ3v) is 5.26. The summed E-state index contributed by atoms with van der Waals surface area (Å²) in [6.45, 7) is 7.12. The largest absolute Gasteiger partial charge is 0.480 e. The number of carboxylic acid groups (broad SMARTS) is 1. The van der Waals surface area contributed by atoms with Crippen LogP contribution in [0.5, 0.6) is 0 Å². The van der Waals surface area contributed by atoms with Crippen molar-refractivity contribution in [1.29, 1.82) is 0 Å². The molecule has 0 saturated heterocycles. The smallest absolute Gasteiger partial charge is 0.317 e. The van der Waals surface area contributed by atoms with Crippen molar-refractivity contribution in [2.45, 2.75) is 52.2 Å². The van der Waals surface area contributed by atoms with Gasteiger partial charge in [0, 0.05) is 17.0 Å². The quantitative estimate of drug-likeness (QED) is 0.699. The molecule has 1 aromatic heterocycles. The van der Waals surface area contributed by atoms with Crippen molar-refractivity contribution in [2.24, 2.45) is 0 Å². The molecule has 0 spiro atoms. The Morgan fingerprint density at radius 1 is 1.39 bits per heavy atom. The molecule has 0 aliphatic heterocycles. The molecule has 0 bridgehead atoms. The highest BCUT2D eigenvalue weighted by atomic mass is 32.1. The zero-order chi connectivity index (χ0) is 17.0. The van der Waals surface area contributed by atoms with Crippen LogP contribution in [0.25, 0.3) is 0 Å². The number of carboxylic acids is 1. The number of carbonyl (C=O) groups excluding carboxylic acids is 1. The number of nitrogens with zero attached hydrogens (tertiary/aromatic N) is 2. The first-order valence-corrected chi connectivity index (χ1v) is 8.63. The van der Waals surface area contributed by atoms with Crippen LogP contribution in [0, 0.1) is 13.8 Å². The van der Waals surface area contributed by atoms with Crippen LogP contribution in [0.15, 0.2) is 0 Å². The van der Waals surface area contributed by atoms with E-state index in [9.17, 15) is 9.59 Å². The zero-order valence-corrected chi connectivity index (χ0v) is 14.6. The number of hydrogen-bond donors (Lipinski definition) is 3. The van der Waals surface area contributed by atoms with Crippen molar-refractivity contribution in [3.05, 3.63) is 15.6 Å². The molecule has 2 amide bonds. The lowest BCUT2D eigenvalue weighted by Crippen LogP contribution is -2.56. The number of aryl methyl sites for hydroxylation is 2. The van der Waals surface area contributed by atoms with Gasteiger partial charge < -0.3 is 15.7 Å². The molecule has 23 heavy (non-hydrogen) atoms. The van der Waals surface area contributed by atoms with Crippen LogP contribution < -0.4 is 10.6 Å². The number of nitrogens with one attached hydrogen (secondary N) is 2. The number of likely N-dealkylation sites (N-methyl/N-ethyl adjacent to an activating group) is 1. The Kier molecular flexibility index (Phi) is 5.95. The number of aliphatic carboxylic acids is 1. The molecule has 0 unspecified atom stereocenters. The summed E-state index contributed by atoms with van der Waals surface area (Å²) in [6.07, 6.45) is 1.59. The summed E-state index contributed by atoms with van der Waals surface area (Å²) < 4.78 is 0. The lowest BCUT2D eigenvalue weighted by Gasteiger charge is -2.42. The SMILES string of the molecule is CCN(CC(=O)O)C1CC(NC(=O)NCc2nc(C)c(C)s2)C1. The number of aromatic nitrogens is 1. The Bertz CT molecular complexity index is 550. The van der Waals surface area contributed by atoms with Gasteiger partial charge in [-0.1, -0.05) is 6.92 Å². The van der Waals surface area contributed by atoms with E-state index in [1.807, 2.05) is 25.7 Å². The summed E-state index contributed by atoms with van der Waals surface area (Å²) in [5, 5.41) is 15.5. The Morgan fingerprint density at radius 2 is 2.09 bits per heavy atom. The third-order valence-electron chi connectivity index (χ3n) is 4.18. The number of amides is 2. The number of urea groups is 1. The second-order valence-corrected chi connectivity index (χ2v) is 7.14. The van der Waals surface area contributed by atoms with E-state index in [-0.39, 0.29) is 24.7 Å². The maximum Gasteiger partial charge on any atom is 0.317 e. The first-order chi connectivity index (χ1) is 10.9. The van der Waals surface area contributed by atoms with Crippen LogP contribution in [0.4, 0.5) is 4.79 Å². The molecule has 2 rings (SSSR count). The van der Waals surface area contributed by atoms with E-state index >= 15 is 0 Å². The van der Waals surface area contributed by atoms with E-state index in [4.69, 9.17) is 5.11 Å². The fourth-order valence-electron chi connectivity index (χ4n) is 2.68. The molecule has 128 valence electrons. The van der Waals surface area contributed by atoms with E-state index in [1.54, 1.807) is 11.3 Å².